The van der Waals surface area contributed by atoms with Crippen LogP contribution in [-0.2, 0) is 31.8 Å². The Bertz CT molecular complexity index is 4650. The van der Waals surface area contributed by atoms with Crippen molar-refractivity contribution >= 4 is 136 Å². The second-order valence-corrected chi connectivity index (χ2v) is 28.8. The molecule has 0 aliphatic carbocycles. The molecule has 7 N–H and O–H groups in total. The molecular weight excluding hydrogens is 1490 g/mol. The summed E-state index contributed by atoms with van der Waals surface area (Å²) < 4.78 is 10.9. The number of ether oxygens (including phenoxy) is 2. The summed E-state index contributed by atoms with van der Waals surface area (Å²) in [6, 6.07) is 72.0. The number of rotatable bonds is 21. The summed E-state index contributed by atoms with van der Waals surface area (Å²) in [5.74, 6) is 4.05. The maximum absolute atomic E-state index is 11.6. The number of hydrogen-bond acceptors (Lipinski definition) is 20. The summed E-state index contributed by atoms with van der Waals surface area (Å²) in [7, 11) is 0. The number of H-pyrrole nitrogens is 2. The van der Waals surface area contributed by atoms with Gasteiger partial charge in [-0.1, -0.05) is 203 Å². The van der Waals surface area contributed by atoms with Crippen molar-refractivity contribution in [3.8, 4) is 34.4 Å². The molecule has 0 atom stereocenters. The molecule has 108 heavy (non-hydrogen) atoms. The molecule has 0 bridgehead atoms. The van der Waals surface area contributed by atoms with Gasteiger partial charge >= 0.3 is 0 Å². The van der Waals surface area contributed by atoms with Crippen LogP contribution in [0, 0.1) is 13.8 Å². The minimum Gasteiger partial charge on any atom is -0.507 e. The van der Waals surface area contributed by atoms with Gasteiger partial charge in [-0.3, -0.25) is 4.99 Å². The fraction of sp³-hybridized carbons (Fsp3) is 0.214. The third-order valence-corrected chi connectivity index (χ3v) is 19.1. The van der Waals surface area contributed by atoms with Crippen molar-refractivity contribution in [2.45, 2.75) is 69.0 Å². The van der Waals surface area contributed by atoms with E-state index in [0.29, 0.717) is 45.7 Å². The molecule has 13 rings (SSSR count). The number of hydrogen-bond donors (Lipinski definition) is 11. The van der Waals surface area contributed by atoms with Crippen molar-refractivity contribution in [3.05, 3.63) is 299 Å². The number of thiol groups is 4. The van der Waals surface area contributed by atoms with Gasteiger partial charge in [-0.05, 0) is 144 Å². The average Bonchev–Trinajstić information content (AvgIpc) is 1.28. The molecule has 24 heteroatoms. The highest BCUT2D eigenvalue weighted by Gasteiger charge is 2.33. The molecule has 0 radical (unpaired) electrons. The Hall–Kier alpha value is -9.34. The number of thiocarbonyl (C=S) groups is 1. The van der Waals surface area contributed by atoms with E-state index in [4.69, 9.17) is 21.7 Å². The number of thioether (sulfide) groups is 2. The fourth-order valence-corrected chi connectivity index (χ4v) is 11.9. The van der Waals surface area contributed by atoms with Gasteiger partial charge in [0.05, 0.1) is 59.9 Å². The van der Waals surface area contributed by atoms with Crippen molar-refractivity contribution in [3.63, 3.8) is 0 Å². The number of aliphatic imine (C=N–C) groups is 1. The first kappa shape index (κ1) is 85.9. The zero-order chi connectivity index (χ0) is 77.9. The standard InChI is InChI=1S/C30H29N3O.C13H11NO2.C12H10N2O2.C10H14S2.C8H8N2S.C7H16O2S2.C4H4N2S2/c1-29(2,21-13-7-5-8-14-21)23-19-24(30(3,4)22-15-9-6-10-16-22)28(34)27(20-23)33-31-25-17-11-12-18-26(25)32-33;15-12-7-3-1-5-10(12)9-14-11-6-2-4-8-13(11)16;15-11-7-3-1-5-9(11)13-14-10-6-2-4-8-12(10)16;1-7-3-9(5-11)10(6-12)4-8(7)2;1-11-8-9-6-4-2-3-5-7(6)10-8;1-11-7-5-9-3-2-8-4-6-10;7-4(8)3-1-5-2-6-3/h5-20,34H,1-4H3;1-9,15-16H;1-8,15-16H;3-4,11-12H,5-6H2,1-2H3;2-5H,1H3,(H,9,10);10H,2-7H2,1H3;1-2H,(H,5,6)(H,7,8). The molecule has 0 unspecified atom stereocenters. The number of imidazole rings is 2. The van der Waals surface area contributed by atoms with Gasteiger partial charge < -0.3 is 45.0 Å². The van der Waals surface area contributed by atoms with Crippen molar-refractivity contribution in [1.29, 1.82) is 0 Å². The highest BCUT2D eigenvalue weighted by molar-refractivity contribution is 8.11. The predicted octanol–water partition coefficient (Wildman–Crippen LogP) is 20.9. The molecule has 0 spiro atoms. The monoisotopic (exact) mass is 1580 g/mol. The summed E-state index contributed by atoms with van der Waals surface area (Å²) in [5, 5.41) is 67.5. The summed E-state index contributed by atoms with van der Waals surface area (Å²) in [5.41, 5.74) is 15.7. The average molecular weight is 1580 g/mol. The van der Waals surface area contributed by atoms with Gasteiger partial charge in [0.1, 0.15) is 62.5 Å². The van der Waals surface area contributed by atoms with Gasteiger partial charge in [0.15, 0.2) is 5.16 Å². The molecule has 0 aliphatic rings. The Labute approximate surface area is 668 Å². The number of nitrogens with one attached hydrogen (secondary N) is 2. The molecule has 10 aromatic carbocycles. The second-order valence-electron chi connectivity index (χ2n) is 24.8. The quantitative estimate of drug-likeness (QED) is 0.00801. The molecule has 0 saturated carbocycles. The minimum absolute atomic E-state index is 0.0571. The zero-order valence-electron chi connectivity index (χ0n) is 61.5. The number of phenols is 5. The normalized spacial score (nSPS) is 11.0. The lowest BCUT2D eigenvalue weighted by Crippen LogP contribution is -2.24. The Balaban J connectivity index is 0.000000187. The molecule has 3 aromatic heterocycles. The van der Waals surface area contributed by atoms with E-state index in [9.17, 15) is 25.5 Å². The maximum Gasteiger partial charge on any atom is 0.166 e. The van der Waals surface area contributed by atoms with Gasteiger partial charge in [0.2, 0.25) is 0 Å². The first-order chi connectivity index (χ1) is 52.1. The van der Waals surface area contributed by atoms with E-state index in [1.807, 2.05) is 91.2 Å². The number of azo groups is 1. The summed E-state index contributed by atoms with van der Waals surface area (Å²) in [6.07, 6.45) is 8.80. The second kappa shape index (κ2) is 44.8. The third kappa shape index (κ3) is 26.2. The lowest BCUT2D eigenvalue weighted by Gasteiger charge is -2.32. The van der Waals surface area contributed by atoms with Crippen LogP contribution >= 0.6 is 86.3 Å². The van der Waals surface area contributed by atoms with Crippen LogP contribution in [0.2, 0.25) is 0 Å². The van der Waals surface area contributed by atoms with Crippen LogP contribution in [0.15, 0.2) is 263 Å². The van der Waals surface area contributed by atoms with E-state index in [1.54, 1.807) is 120 Å². The van der Waals surface area contributed by atoms with Crippen LogP contribution in [0.5, 0.6) is 28.7 Å². The molecule has 17 nitrogen and oxygen atoms in total. The topological polar surface area (TPSA) is 245 Å². The van der Waals surface area contributed by atoms with Crippen LogP contribution in [0.4, 0.5) is 17.1 Å². The number of fused-ring (bicyclic) bond motifs is 2. The van der Waals surface area contributed by atoms with Crippen LogP contribution < -0.4 is 0 Å². The van der Waals surface area contributed by atoms with Gasteiger partial charge in [0.25, 0.3) is 0 Å². The first-order valence-electron chi connectivity index (χ1n) is 34.3. The minimum atomic E-state index is -0.435. The first-order valence-corrected chi connectivity index (χ1v) is 39.7. The Morgan fingerprint density at radius 2 is 1.02 bits per heavy atom. The largest absolute Gasteiger partial charge is 0.507 e. The van der Waals surface area contributed by atoms with Crippen LogP contribution in [0.3, 0.4) is 0 Å². The summed E-state index contributed by atoms with van der Waals surface area (Å²) >= 11 is 24.6. The summed E-state index contributed by atoms with van der Waals surface area (Å²) in [4.78, 5) is 19.8. The number of aromatic nitrogens is 7. The molecule has 3 heterocycles. The molecule has 0 amide bonds. The van der Waals surface area contributed by atoms with Gasteiger partial charge in [-0.15, -0.1) is 37.9 Å². The Kier molecular flexibility index (Phi) is 35.7. The van der Waals surface area contributed by atoms with Crippen molar-refractivity contribution < 1.29 is 35.0 Å². The Morgan fingerprint density at radius 1 is 0.546 bits per heavy atom. The lowest BCUT2D eigenvalue weighted by atomic mass is 9.72. The number of nitrogens with zero attached hydrogens (tertiary/aromatic N) is 8. The molecule has 0 aliphatic heterocycles. The number of aromatic hydroxyl groups is 5. The van der Waals surface area contributed by atoms with Gasteiger partial charge in [-0.2, -0.15) is 49.6 Å². The zero-order valence-corrected chi connectivity index (χ0v) is 67.5. The number of aryl methyl sites for hydroxylation is 2. The van der Waals surface area contributed by atoms with Crippen molar-refractivity contribution in [1.82, 2.24) is 34.9 Å². The van der Waals surface area contributed by atoms with Crippen LogP contribution in [-0.4, -0.2) is 121 Å². The smallest absolute Gasteiger partial charge is 0.166 e. The van der Waals surface area contributed by atoms with Gasteiger partial charge in [-0.25, -0.2) is 9.97 Å². The van der Waals surface area contributed by atoms with Gasteiger partial charge in [0, 0.05) is 51.2 Å². The van der Waals surface area contributed by atoms with E-state index in [-0.39, 0.29) is 34.2 Å². The van der Waals surface area contributed by atoms with Crippen molar-refractivity contribution in [2.75, 3.05) is 50.4 Å². The summed E-state index contributed by atoms with van der Waals surface area (Å²) in [6.45, 7) is 15.9. The SMILES string of the molecule is CC(C)(c1ccccc1)c1cc(-n2nc3ccccc3n2)c(O)c(C(C)(C)c2ccccc2)c1.CSCCOCCOCCS.CSc1nc2ccccc2[nH]1.Cc1cc(CS)c(CS)cc1C.Oc1ccccc1C=Nc1ccccc1O.Oc1ccccc1N=Nc1ccccc1O.S=C(S)c1cnc[nH]1. The molecule has 0 saturated heterocycles. The molecular formula is C84H92N10O7S7. The number of benzene rings is 10. The van der Waals surface area contributed by atoms with Crippen LogP contribution in [0.25, 0.3) is 27.8 Å². The highest BCUT2D eigenvalue weighted by Crippen LogP contribution is 2.44. The molecule has 13 aromatic rings. The predicted molar refractivity (Wildman–Crippen MR) is 464 cm³/mol. The number of aromatic amines is 2. The fourth-order valence-electron chi connectivity index (χ4n) is 10.3. The molecule has 562 valence electrons. The third-order valence-electron chi connectivity index (χ3n) is 16.7. The van der Waals surface area contributed by atoms with E-state index in [1.165, 1.54) is 46.2 Å². The van der Waals surface area contributed by atoms with Crippen LogP contribution in [0.1, 0.15) is 83.5 Å². The van der Waals surface area contributed by atoms with E-state index >= 15 is 0 Å². The van der Waals surface area contributed by atoms with E-state index < -0.39 is 5.41 Å². The number of para-hydroxylation sites is 7. The van der Waals surface area contributed by atoms with Crippen molar-refractivity contribution in [2.24, 2.45) is 15.2 Å². The Morgan fingerprint density at radius 3 is 1.48 bits per heavy atom. The number of phenolic OH excluding ortho intramolecular Hbond substituents is 5. The lowest BCUT2D eigenvalue weighted by molar-refractivity contribution is 0.0606. The van der Waals surface area contributed by atoms with E-state index in [2.05, 4.69) is 198 Å². The highest BCUT2D eigenvalue weighted by atomic mass is 32.2. The molecule has 0 fully saturated rings. The van der Waals surface area contributed by atoms with E-state index in [0.717, 1.165) is 85.8 Å². The maximum atomic E-state index is 11.6.